The van der Waals surface area contributed by atoms with Crippen molar-refractivity contribution in [3.63, 3.8) is 0 Å². The van der Waals surface area contributed by atoms with Gasteiger partial charge in [0.2, 0.25) is 0 Å². The molecule has 2 aromatic carbocycles. The van der Waals surface area contributed by atoms with Crippen LogP contribution >= 0.6 is 11.6 Å². The van der Waals surface area contributed by atoms with Crippen molar-refractivity contribution in [1.82, 2.24) is 5.32 Å². The Morgan fingerprint density at radius 3 is 2.53 bits per heavy atom. The maximum atomic E-state index is 13.8. The maximum absolute atomic E-state index is 13.8. The predicted octanol–water partition coefficient (Wildman–Crippen LogP) is 6.69. The van der Waals surface area contributed by atoms with E-state index < -0.39 is 11.9 Å². The zero-order valence-corrected chi connectivity index (χ0v) is 22.2. The van der Waals surface area contributed by atoms with E-state index in [9.17, 15) is 9.59 Å². The van der Waals surface area contributed by atoms with Gasteiger partial charge in [0.05, 0.1) is 24.7 Å². The lowest BCUT2D eigenvalue weighted by molar-refractivity contribution is -0.140. The van der Waals surface area contributed by atoms with Crippen LogP contribution < -0.4 is 10.1 Å². The zero-order chi connectivity index (χ0) is 25.8. The summed E-state index contributed by atoms with van der Waals surface area (Å²) in [5.41, 5.74) is 4.57. The maximum Gasteiger partial charge on any atom is 0.336 e. The highest BCUT2D eigenvalue weighted by atomic mass is 35.5. The molecule has 0 aromatic heterocycles. The molecule has 0 radical (unpaired) electrons. The number of allylic oxidation sites excluding steroid dienone is 3. The molecule has 0 amide bonds. The normalized spacial score (nSPS) is 19.8. The van der Waals surface area contributed by atoms with Gasteiger partial charge in [-0.2, -0.15) is 0 Å². The first-order valence-corrected chi connectivity index (χ1v) is 13.1. The van der Waals surface area contributed by atoms with Crippen LogP contribution in [0.3, 0.4) is 0 Å². The Bertz CT molecular complexity index is 1200. The fraction of sp³-hybridized carbons (Fsp3) is 0.400. The summed E-state index contributed by atoms with van der Waals surface area (Å²) in [5, 5.41) is 4.08. The first-order chi connectivity index (χ1) is 17.3. The monoisotopic (exact) mass is 507 g/mol. The lowest BCUT2D eigenvalue weighted by Crippen LogP contribution is -2.36. The molecule has 2 atom stereocenters. The number of rotatable bonds is 8. The number of Topliss-reactive ketones (excluding diaryl/α,β-unsaturated/α-hetero) is 1. The number of ketones is 1. The van der Waals surface area contributed by atoms with Crippen molar-refractivity contribution in [2.75, 3.05) is 13.2 Å². The van der Waals surface area contributed by atoms with Gasteiger partial charge in [-0.3, -0.25) is 4.79 Å². The minimum absolute atomic E-state index is 0.0284. The van der Waals surface area contributed by atoms with Crippen molar-refractivity contribution in [1.29, 1.82) is 0 Å². The third-order valence-electron chi connectivity index (χ3n) is 6.63. The van der Waals surface area contributed by atoms with E-state index in [0.717, 1.165) is 23.2 Å². The molecule has 4 rings (SSSR count). The highest BCUT2D eigenvalue weighted by molar-refractivity contribution is 6.30. The Kier molecular flexibility index (Phi) is 8.20. The first-order valence-electron chi connectivity index (χ1n) is 12.7. The van der Waals surface area contributed by atoms with Gasteiger partial charge < -0.3 is 14.8 Å². The number of para-hydroxylation sites is 1. The Labute approximate surface area is 218 Å². The Balaban J connectivity index is 1.79. The van der Waals surface area contributed by atoms with Gasteiger partial charge in [-0.15, -0.1) is 0 Å². The number of benzene rings is 2. The van der Waals surface area contributed by atoms with Crippen LogP contribution in [-0.4, -0.2) is 25.0 Å². The van der Waals surface area contributed by atoms with Crippen molar-refractivity contribution < 1.29 is 19.1 Å². The van der Waals surface area contributed by atoms with E-state index in [-0.39, 0.29) is 17.6 Å². The van der Waals surface area contributed by atoms with E-state index in [1.54, 1.807) is 0 Å². The minimum atomic E-state index is -0.548. The Morgan fingerprint density at radius 1 is 1.11 bits per heavy atom. The van der Waals surface area contributed by atoms with Gasteiger partial charge in [-0.1, -0.05) is 62.7 Å². The summed E-state index contributed by atoms with van der Waals surface area (Å²) in [6, 6.07) is 15.4. The lowest BCUT2D eigenvalue weighted by atomic mass is 9.71. The largest absolute Gasteiger partial charge is 0.493 e. The quantitative estimate of drug-likeness (QED) is 0.403. The third-order valence-corrected chi connectivity index (χ3v) is 6.88. The molecule has 6 heteroatoms. The van der Waals surface area contributed by atoms with Crippen LogP contribution in [0.15, 0.2) is 71.1 Å². The van der Waals surface area contributed by atoms with Crippen LogP contribution in [0, 0.1) is 5.92 Å². The van der Waals surface area contributed by atoms with Crippen LogP contribution in [0.2, 0.25) is 5.02 Å². The number of carbonyl (C=O) groups is 2. The standard InChI is InChI=1S/C30H34ClNO4/c1-5-14-35-26-9-7-6-8-23(26)28-27(30(34)36-17-18(2)3)19(4)32-24-15-21(16-25(33)29(24)28)20-10-12-22(31)13-11-20/h6-13,18,21,28,32H,5,14-17H2,1-4H3/t21-,28-/m1/s1. The molecule has 0 unspecified atom stereocenters. The number of hydrogen-bond donors (Lipinski definition) is 1. The fourth-order valence-electron chi connectivity index (χ4n) is 4.97. The van der Waals surface area contributed by atoms with Crippen LogP contribution in [0.5, 0.6) is 5.75 Å². The lowest BCUT2D eigenvalue weighted by Gasteiger charge is -2.37. The second-order valence-electron chi connectivity index (χ2n) is 9.95. The summed E-state index contributed by atoms with van der Waals surface area (Å²) < 4.78 is 11.8. The highest BCUT2D eigenvalue weighted by Gasteiger charge is 2.42. The number of halogens is 1. The minimum Gasteiger partial charge on any atom is -0.493 e. The molecule has 2 aromatic rings. The third kappa shape index (κ3) is 5.52. The Hall–Kier alpha value is -3.05. The molecule has 1 heterocycles. The topological polar surface area (TPSA) is 64.6 Å². The number of nitrogens with one attached hydrogen (secondary N) is 1. The molecule has 1 aliphatic carbocycles. The van der Waals surface area contributed by atoms with Crippen LogP contribution in [0.1, 0.15) is 69.9 Å². The molecule has 36 heavy (non-hydrogen) atoms. The summed E-state index contributed by atoms with van der Waals surface area (Å²) in [4.78, 5) is 27.2. The molecular formula is C30H34ClNO4. The summed E-state index contributed by atoms with van der Waals surface area (Å²) in [6.45, 7) is 8.80. The van der Waals surface area contributed by atoms with Gasteiger partial charge in [-0.25, -0.2) is 4.79 Å². The Morgan fingerprint density at radius 2 is 1.83 bits per heavy atom. The number of dihydropyridines is 1. The van der Waals surface area contributed by atoms with Crippen molar-refractivity contribution in [3.8, 4) is 5.75 Å². The van der Waals surface area contributed by atoms with Crippen LogP contribution in [0.25, 0.3) is 0 Å². The number of esters is 1. The van der Waals surface area contributed by atoms with Gasteiger partial charge in [0.15, 0.2) is 5.78 Å². The van der Waals surface area contributed by atoms with E-state index in [2.05, 4.69) is 5.32 Å². The molecule has 190 valence electrons. The van der Waals surface area contributed by atoms with E-state index in [1.165, 1.54) is 0 Å². The van der Waals surface area contributed by atoms with Gasteiger partial charge in [-0.05, 0) is 55.4 Å². The zero-order valence-electron chi connectivity index (χ0n) is 21.4. The van der Waals surface area contributed by atoms with Gasteiger partial charge >= 0.3 is 5.97 Å². The molecule has 0 saturated carbocycles. The van der Waals surface area contributed by atoms with Crippen molar-refractivity contribution in [2.24, 2.45) is 5.92 Å². The second kappa shape index (κ2) is 11.3. The van der Waals surface area contributed by atoms with E-state index in [0.29, 0.717) is 53.7 Å². The summed E-state index contributed by atoms with van der Waals surface area (Å²) in [5.74, 6) is 0.0101. The van der Waals surface area contributed by atoms with Crippen LogP contribution in [-0.2, 0) is 14.3 Å². The predicted molar refractivity (Wildman–Crippen MR) is 142 cm³/mol. The second-order valence-corrected chi connectivity index (χ2v) is 10.4. The molecule has 1 aliphatic heterocycles. The van der Waals surface area contributed by atoms with E-state index in [4.69, 9.17) is 21.1 Å². The summed E-state index contributed by atoms with van der Waals surface area (Å²) >= 11 is 6.09. The van der Waals surface area contributed by atoms with Crippen LogP contribution in [0.4, 0.5) is 0 Å². The average molecular weight is 508 g/mol. The summed E-state index contributed by atoms with van der Waals surface area (Å²) in [6.07, 6.45) is 1.89. The van der Waals surface area contributed by atoms with Gasteiger partial charge in [0, 0.05) is 34.0 Å². The average Bonchev–Trinajstić information content (AvgIpc) is 2.85. The molecule has 1 N–H and O–H groups in total. The van der Waals surface area contributed by atoms with Gasteiger partial charge in [0.1, 0.15) is 5.75 Å². The van der Waals surface area contributed by atoms with E-state index >= 15 is 0 Å². The molecule has 0 spiro atoms. The molecule has 5 nitrogen and oxygen atoms in total. The highest BCUT2D eigenvalue weighted by Crippen LogP contribution is 2.47. The first kappa shape index (κ1) is 26.0. The SMILES string of the molecule is CCCOc1ccccc1[C@@H]1C(C(=O)OCC(C)C)=C(C)NC2=C1C(=O)C[C@H](c1ccc(Cl)cc1)C2. The molecular weight excluding hydrogens is 474 g/mol. The van der Waals surface area contributed by atoms with Crippen molar-refractivity contribution in [2.45, 2.75) is 58.8 Å². The van der Waals surface area contributed by atoms with Crippen molar-refractivity contribution >= 4 is 23.4 Å². The summed E-state index contributed by atoms with van der Waals surface area (Å²) in [7, 11) is 0. The molecule has 2 aliphatic rings. The fourth-order valence-corrected chi connectivity index (χ4v) is 5.10. The molecule has 0 bridgehead atoms. The van der Waals surface area contributed by atoms with Crippen molar-refractivity contribution in [3.05, 3.63) is 87.2 Å². The smallest absolute Gasteiger partial charge is 0.336 e. The van der Waals surface area contributed by atoms with Gasteiger partial charge in [0.25, 0.3) is 0 Å². The van der Waals surface area contributed by atoms with E-state index in [1.807, 2.05) is 76.2 Å². The number of carbonyl (C=O) groups excluding carboxylic acids is 2. The number of ether oxygens (including phenoxy) is 2. The number of hydrogen-bond acceptors (Lipinski definition) is 5. The molecule has 0 fully saturated rings. The molecule has 0 saturated heterocycles.